The molecular weight excluding hydrogens is 373 g/mol. The molecule has 0 aromatic heterocycles. The van der Waals surface area contributed by atoms with Crippen LogP contribution < -0.4 is 0 Å². The van der Waals surface area contributed by atoms with E-state index in [9.17, 15) is 0 Å². The second kappa shape index (κ2) is 10.7. The first-order chi connectivity index (χ1) is 10.2. The molecule has 1 unspecified atom stereocenters. The topological polar surface area (TPSA) is 57.2 Å². The molecule has 24 heavy (non-hydrogen) atoms. The van der Waals surface area contributed by atoms with Gasteiger partial charge in [0.1, 0.15) is 0 Å². The average molecular weight is 415 g/mol. The zero-order valence-corrected chi connectivity index (χ0v) is 20.6. The summed E-state index contributed by atoms with van der Waals surface area (Å²) in [5, 5.41) is 8.84. The Kier molecular flexibility index (Phi) is 12.0. The molecule has 0 saturated carbocycles. The number of hydrogen-bond donors (Lipinski definition) is 1. The highest BCUT2D eigenvalue weighted by Gasteiger charge is 2.44. The predicted molar refractivity (Wildman–Crippen MR) is 113 cm³/mol. The summed E-state index contributed by atoms with van der Waals surface area (Å²) in [7, 11) is -8.08. The van der Waals surface area contributed by atoms with Crippen LogP contribution in [0.3, 0.4) is 0 Å². The van der Waals surface area contributed by atoms with Crippen molar-refractivity contribution in [2.75, 3.05) is 19.4 Å². The maximum Gasteiger partial charge on any atom is 0.342 e. The fourth-order valence-electron chi connectivity index (χ4n) is 2.58. The molecule has 0 heterocycles. The van der Waals surface area contributed by atoms with Gasteiger partial charge >= 0.3 is 17.1 Å². The van der Waals surface area contributed by atoms with Crippen molar-refractivity contribution in [3.05, 3.63) is 0 Å². The van der Waals surface area contributed by atoms with Gasteiger partial charge in [-0.25, -0.2) is 0 Å². The summed E-state index contributed by atoms with van der Waals surface area (Å²) in [5.41, 5.74) is 0. The largest absolute Gasteiger partial charge is 0.437 e. The summed E-state index contributed by atoms with van der Waals surface area (Å²) in [4.78, 5) is 0. The molecule has 0 rings (SSSR count). The van der Waals surface area contributed by atoms with E-state index in [1.165, 1.54) is 0 Å². The van der Waals surface area contributed by atoms with Gasteiger partial charge in [-0.2, -0.15) is 0 Å². The lowest BCUT2D eigenvalue weighted by Crippen LogP contribution is -2.59. The van der Waals surface area contributed by atoms with Gasteiger partial charge in [0.25, 0.3) is 0 Å². The summed E-state index contributed by atoms with van der Waals surface area (Å²) >= 11 is 0. The monoisotopic (exact) mass is 414 g/mol. The first-order valence-corrected chi connectivity index (χ1v) is 20.6. The van der Waals surface area contributed by atoms with Crippen molar-refractivity contribution in [2.45, 2.75) is 79.2 Å². The van der Waals surface area contributed by atoms with Gasteiger partial charge in [0.05, 0.1) is 6.23 Å². The third-order valence-corrected chi connectivity index (χ3v) is 15.6. The Hall–Kier alpha value is 0.668. The van der Waals surface area contributed by atoms with Crippen LogP contribution >= 0.6 is 0 Å². The molecule has 0 spiro atoms. The minimum Gasteiger partial charge on any atom is -0.437 e. The predicted octanol–water partition coefficient (Wildman–Crippen LogP) is 4.44. The van der Waals surface area contributed by atoms with E-state index in [1.54, 1.807) is 0 Å². The second-order valence-electron chi connectivity index (χ2n) is 8.55. The van der Waals surface area contributed by atoms with Gasteiger partial charge in [0.2, 0.25) is 0 Å². The Morgan fingerprint density at radius 2 is 1.21 bits per heavy atom. The highest BCUT2D eigenvalue weighted by molar-refractivity contribution is 6.89. The van der Waals surface area contributed by atoms with Crippen molar-refractivity contribution in [3.8, 4) is 0 Å². The van der Waals surface area contributed by atoms with Crippen molar-refractivity contribution in [1.29, 1.82) is 0 Å². The first kappa shape index (κ1) is 26.9. The molecule has 0 aliphatic carbocycles. The van der Waals surface area contributed by atoms with Gasteiger partial charge in [-0.15, -0.1) is 0 Å². The molecule has 0 fully saturated rings. The van der Waals surface area contributed by atoms with Crippen LogP contribution in [0.5, 0.6) is 0 Å². The van der Waals surface area contributed by atoms with Gasteiger partial charge in [-0.05, 0) is 71.8 Å². The minimum atomic E-state index is -2.44. The first-order valence-electron chi connectivity index (χ1n) is 8.47. The van der Waals surface area contributed by atoms with Gasteiger partial charge in [0.15, 0.2) is 16.6 Å². The molecule has 0 aromatic rings. The highest BCUT2D eigenvalue weighted by atomic mass is 28.5. The molecule has 9 heteroatoms. The number of rotatable bonds is 12. The third kappa shape index (κ3) is 15.0. The van der Waals surface area contributed by atoms with Gasteiger partial charge in [-0.3, -0.25) is 0 Å². The van der Waals surface area contributed by atoms with Gasteiger partial charge < -0.3 is 22.2 Å². The fraction of sp³-hybridized carbons (Fsp3) is 1.00. The maximum absolute atomic E-state index is 8.84. The van der Waals surface area contributed by atoms with Crippen molar-refractivity contribution < 1.29 is 22.2 Å². The number of hydrogen-bond acceptors (Lipinski definition) is 5. The number of aliphatic hydroxyl groups is 1. The molecular formula is C15H42O5Si4. The smallest absolute Gasteiger partial charge is 0.342 e. The highest BCUT2D eigenvalue weighted by Crippen LogP contribution is 2.24. The molecule has 0 bridgehead atoms. The van der Waals surface area contributed by atoms with Crippen LogP contribution in [0.4, 0.5) is 0 Å². The van der Waals surface area contributed by atoms with E-state index in [1.807, 2.05) is 0 Å². The Morgan fingerprint density at radius 3 is 1.62 bits per heavy atom. The van der Waals surface area contributed by atoms with Crippen molar-refractivity contribution in [3.63, 3.8) is 0 Å². The van der Waals surface area contributed by atoms with E-state index < -0.39 is 33.8 Å². The molecule has 0 aliphatic rings. The van der Waals surface area contributed by atoms with Crippen molar-refractivity contribution in [1.82, 2.24) is 0 Å². The Balaban J connectivity index is 0. The fourth-order valence-corrected chi connectivity index (χ4v) is 19.9. The van der Waals surface area contributed by atoms with Crippen molar-refractivity contribution >= 4 is 33.8 Å². The molecule has 0 amide bonds. The van der Waals surface area contributed by atoms with Crippen LogP contribution in [-0.4, -0.2) is 58.3 Å². The van der Waals surface area contributed by atoms with Crippen LogP contribution in [0.2, 0.25) is 58.9 Å². The van der Waals surface area contributed by atoms with Crippen LogP contribution in [-0.2, 0) is 17.1 Å². The lowest BCUT2D eigenvalue weighted by atomic mass is 10.3. The average Bonchev–Trinajstić information content (AvgIpc) is 2.20. The normalized spacial score (nSPS) is 15.8. The summed E-state index contributed by atoms with van der Waals surface area (Å²) in [6.45, 7) is 20.3. The van der Waals surface area contributed by atoms with E-state index in [4.69, 9.17) is 22.2 Å². The number of aliphatic hydroxyl groups excluding tert-OH is 1. The van der Waals surface area contributed by atoms with E-state index in [2.05, 4.69) is 58.9 Å². The van der Waals surface area contributed by atoms with E-state index in [0.717, 1.165) is 12.8 Å². The quantitative estimate of drug-likeness (QED) is 0.378. The SMILES string of the molecule is C.C[Si](C)(C)O[Si](C)(C)O[Si](C)(COCCCCO)O[Si](C)(C)C. The van der Waals surface area contributed by atoms with Gasteiger partial charge in [0, 0.05) is 13.2 Å². The summed E-state index contributed by atoms with van der Waals surface area (Å²) in [6, 6.07) is 0. The number of unbranched alkanes of at least 4 members (excludes halogenated alkanes) is 1. The van der Waals surface area contributed by atoms with Crippen LogP contribution in [0, 0.1) is 0 Å². The Labute approximate surface area is 154 Å². The summed E-state index contributed by atoms with van der Waals surface area (Å²) < 4.78 is 25.1. The van der Waals surface area contributed by atoms with E-state index >= 15 is 0 Å². The maximum atomic E-state index is 8.84. The van der Waals surface area contributed by atoms with Gasteiger partial charge in [-0.1, -0.05) is 7.43 Å². The van der Waals surface area contributed by atoms with E-state index in [-0.39, 0.29) is 14.0 Å². The van der Waals surface area contributed by atoms with Crippen LogP contribution in [0.15, 0.2) is 0 Å². The molecule has 0 aliphatic heterocycles. The van der Waals surface area contributed by atoms with E-state index in [0.29, 0.717) is 12.8 Å². The molecule has 0 radical (unpaired) electrons. The number of ether oxygens (including phenoxy) is 1. The molecule has 1 N–H and O–H groups in total. The molecule has 5 nitrogen and oxygen atoms in total. The van der Waals surface area contributed by atoms with Crippen LogP contribution in [0.25, 0.3) is 0 Å². The zero-order valence-electron chi connectivity index (χ0n) is 16.6. The van der Waals surface area contributed by atoms with Crippen LogP contribution in [0.1, 0.15) is 20.3 Å². The lowest BCUT2D eigenvalue weighted by molar-refractivity contribution is 0.136. The Morgan fingerprint density at radius 1 is 0.708 bits per heavy atom. The standard InChI is InChI=1S/C14H38O5Si4.CH4/c1-20(2,3)17-22(7,8)19-23(9,18-21(4,5)6)14-16-13-11-10-12-15;/h15H,10-14H2,1-9H3;1H4. The molecule has 1 atom stereocenters. The molecule has 148 valence electrons. The third-order valence-electron chi connectivity index (χ3n) is 2.60. The molecule has 0 aromatic carbocycles. The zero-order chi connectivity index (χ0) is 18.4. The minimum absolute atomic E-state index is 0. The molecule has 0 saturated heterocycles. The summed E-state index contributed by atoms with van der Waals surface area (Å²) in [5.74, 6) is 0. The Bertz CT molecular complexity index is 342. The summed E-state index contributed by atoms with van der Waals surface area (Å²) in [6.07, 6.45) is 2.15. The second-order valence-corrected chi connectivity index (χ2v) is 24.8. The van der Waals surface area contributed by atoms with Crippen molar-refractivity contribution in [2.24, 2.45) is 0 Å². The lowest BCUT2D eigenvalue weighted by Gasteiger charge is -2.41.